The number of benzene rings is 1. The van der Waals surface area contributed by atoms with E-state index in [2.05, 4.69) is 84.4 Å². The number of para-hydroxylation sites is 1. The number of anilines is 1. The van der Waals surface area contributed by atoms with Crippen LogP contribution in [0, 0.1) is 0 Å². The molecule has 1 aliphatic rings. The molecule has 2 aromatic heterocycles. The molecular weight excluding hydrogens is 396 g/mol. The van der Waals surface area contributed by atoms with E-state index < -0.39 is 0 Å². The van der Waals surface area contributed by atoms with Crippen molar-refractivity contribution in [2.75, 3.05) is 11.9 Å². The Labute approximate surface area is 191 Å². The number of urea groups is 1. The molecular formula is C27H36N4O. The van der Waals surface area contributed by atoms with E-state index >= 15 is 0 Å². The highest BCUT2D eigenvalue weighted by Gasteiger charge is 2.35. The van der Waals surface area contributed by atoms with E-state index in [-0.39, 0.29) is 11.6 Å². The zero-order valence-corrected chi connectivity index (χ0v) is 19.8. The predicted octanol–water partition coefficient (Wildman–Crippen LogP) is 6.76. The molecule has 0 saturated heterocycles. The predicted molar refractivity (Wildman–Crippen MR) is 132 cm³/mol. The van der Waals surface area contributed by atoms with Crippen molar-refractivity contribution < 1.29 is 4.79 Å². The van der Waals surface area contributed by atoms with E-state index in [1.54, 1.807) is 0 Å². The monoisotopic (exact) mass is 432 g/mol. The summed E-state index contributed by atoms with van der Waals surface area (Å²) >= 11 is 0. The van der Waals surface area contributed by atoms with Gasteiger partial charge in [-0.15, -0.1) is 0 Å². The highest BCUT2D eigenvalue weighted by molar-refractivity contribution is 5.91. The number of hydrogen-bond acceptors (Lipinski definition) is 2. The summed E-state index contributed by atoms with van der Waals surface area (Å²) in [5, 5.41) is 7.58. The average Bonchev–Trinajstić information content (AvgIpc) is 3.23. The van der Waals surface area contributed by atoms with E-state index in [0.29, 0.717) is 18.4 Å². The number of hydrogen-bond donors (Lipinski definition) is 2. The second-order valence-corrected chi connectivity index (χ2v) is 9.82. The minimum absolute atomic E-state index is 0.130. The number of nitrogens with one attached hydrogen (secondary N) is 2. The molecule has 2 N–H and O–H groups in total. The third kappa shape index (κ3) is 4.38. The van der Waals surface area contributed by atoms with Crippen LogP contribution in [0.3, 0.4) is 0 Å². The molecule has 5 nitrogen and oxygen atoms in total. The topological polar surface area (TPSA) is 59.0 Å². The smallest absolute Gasteiger partial charge is 0.319 e. The molecule has 2 amide bonds. The summed E-state index contributed by atoms with van der Waals surface area (Å²) in [7, 11) is 0. The van der Waals surface area contributed by atoms with Gasteiger partial charge in [0.1, 0.15) is 5.65 Å². The fourth-order valence-electron chi connectivity index (χ4n) is 5.16. The molecule has 1 fully saturated rings. The Bertz CT molecular complexity index is 1050. The molecule has 0 radical (unpaired) electrons. The van der Waals surface area contributed by atoms with Crippen LogP contribution < -0.4 is 10.6 Å². The van der Waals surface area contributed by atoms with Crippen LogP contribution in [-0.2, 0) is 5.54 Å². The zero-order chi connectivity index (χ0) is 22.7. The van der Waals surface area contributed by atoms with E-state index in [4.69, 9.17) is 0 Å². The molecule has 32 heavy (non-hydrogen) atoms. The highest BCUT2D eigenvalue weighted by Crippen LogP contribution is 2.37. The maximum atomic E-state index is 13.1. The van der Waals surface area contributed by atoms with Crippen molar-refractivity contribution >= 4 is 22.8 Å². The van der Waals surface area contributed by atoms with Crippen LogP contribution >= 0.6 is 0 Å². The maximum absolute atomic E-state index is 13.1. The van der Waals surface area contributed by atoms with E-state index in [1.165, 1.54) is 30.4 Å². The van der Waals surface area contributed by atoms with Gasteiger partial charge < -0.3 is 15.2 Å². The summed E-state index contributed by atoms with van der Waals surface area (Å²) in [5.41, 5.74) is 4.19. The summed E-state index contributed by atoms with van der Waals surface area (Å²) in [6, 6.07) is 12.4. The third-order valence-electron chi connectivity index (χ3n) is 6.93. The fourth-order valence-corrected chi connectivity index (χ4v) is 5.16. The molecule has 1 aliphatic carbocycles. The van der Waals surface area contributed by atoms with Gasteiger partial charge in [0.05, 0.1) is 5.54 Å². The first-order chi connectivity index (χ1) is 15.4. The Morgan fingerprint density at radius 3 is 2.34 bits per heavy atom. The zero-order valence-electron chi connectivity index (χ0n) is 19.8. The summed E-state index contributed by atoms with van der Waals surface area (Å²) in [6.07, 6.45) is 9.69. The number of fused-ring (bicyclic) bond motifs is 1. The van der Waals surface area contributed by atoms with Gasteiger partial charge in [-0.2, -0.15) is 0 Å². The van der Waals surface area contributed by atoms with Gasteiger partial charge in [-0.05, 0) is 54.0 Å². The van der Waals surface area contributed by atoms with Crippen LogP contribution in [0.2, 0.25) is 0 Å². The molecule has 0 spiro atoms. The molecule has 170 valence electrons. The Kier molecular flexibility index (Phi) is 6.54. The fraction of sp³-hybridized carbons (Fsp3) is 0.481. The van der Waals surface area contributed by atoms with Crippen LogP contribution in [0.4, 0.5) is 10.5 Å². The van der Waals surface area contributed by atoms with Crippen LogP contribution in [0.15, 0.2) is 48.8 Å². The second kappa shape index (κ2) is 9.35. The van der Waals surface area contributed by atoms with Gasteiger partial charge in [-0.3, -0.25) is 0 Å². The van der Waals surface area contributed by atoms with E-state index in [9.17, 15) is 4.79 Å². The van der Waals surface area contributed by atoms with Crippen molar-refractivity contribution in [1.29, 1.82) is 0 Å². The normalized spacial score (nSPS) is 15.9. The van der Waals surface area contributed by atoms with Crippen molar-refractivity contribution in [3.8, 4) is 0 Å². The third-order valence-corrected chi connectivity index (χ3v) is 6.93. The highest BCUT2D eigenvalue weighted by atomic mass is 16.2. The van der Waals surface area contributed by atoms with Crippen LogP contribution in [-0.4, -0.2) is 22.1 Å². The van der Waals surface area contributed by atoms with Gasteiger partial charge in [-0.25, -0.2) is 9.78 Å². The molecule has 0 unspecified atom stereocenters. The minimum Gasteiger partial charge on any atom is -0.335 e. The number of aromatic nitrogens is 2. The minimum atomic E-state index is -0.135. The van der Waals surface area contributed by atoms with Gasteiger partial charge in [0.15, 0.2) is 0 Å². The SMILES string of the molecule is CC(C)c1cccc(C(C)C)c1NC(=O)NCC1(n2ccc3cccnc32)CCCCC1. The standard InChI is InChI=1S/C27H36N4O/c1-19(2)22-11-8-12-23(20(3)4)24(22)30-26(32)29-18-27(14-6-5-7-15-27)31-17-13-21-10-9-16-28-25(21)31/h8-13,16-17,19-20H,5-7,14-15,18H2,1-4H3,(H2,29,30,32). The lowest BCUT2D eigenvalue weighted by molar-refractivity contribution is 0.191. The Balaban J connectivity index is 1.57. The molecule has 5 heteroatoms. The first-order valence-electron chi connectivity index (χ1n) is 12.0. The lowest BCUT2D eigenvalue weighted by Crippen LogP contribution is -2.47. The van der Waals surface area contributed by atoms with Crippen molar-refractivity contribution in [2.24, 2.45) is 0 Å². The first-order valence-corrected chi connectivity index (χ1v) is 12.0. The molecule has 1 saturated carbocycles. The summed E-state index contributed by atoms with van der Waals surface area (Å²) < 4.78 is 2.31. The lowest BCUT2D eigenvalue weighted by atomic mass is 9.81. The average molecular weight is 433 g/mol. The Hall–Kier alpha value is -2.82. The summed E-state index contributed by atoms with van der Waals surface area (Å²) in [5.74, 6) is 0.678. The number of pyridine rings is 1. The molecule has 3 aromatic rings. The van der Waals surface area contributed by atoms with Crippen molar-refractivity contribution in [1.82, 2.24) is 14.9 Å². The molecule has 0 atom stereocenters. The van der Waals surface area contributed by atoms with Gasteiger partial charge in [-0.1, -0.05) is 65.2 Å². The summed E-state index contributed by atoms with van der Waals surface area (Å²) in [6.45, 7) is 9.28. The first kappa shape index (κ1) is 22.4. The number of rotatable bonds is 6. The number of amides is 2. The summed E-state index contributed by atoms with van der Waals surface area (Å²) in [4.78, 5) is 17.8. The molecule has 1 aromatic carbocycles. The Morgan fingerprint density at radius 2 is 1.69 bits per heavy atom. The van der Waals surface area contributed by atoms with Gasteiger partial charge >= 0.3 is 6.03 Å². The quantitative estimate of drug-likeness (QED) is 0.452. The molecule has 2 heterocycles. The Morgan fingerprint density at radius 1 is 1.00 bits per heavy atom. The van der Waals surface area contributed by atoms with Gasteiger partial charge in [0.25, 0.3) is 0 Å². The largest absolute Gasteiger partial charge is 0.335 e. The van der Waals surface area contributed by atoms with Crippen molar-refractivity contribution in [3.63, 3.8) is 0 Å². The van der Waals surface area contributed by atoms with E-state index in [1.807, 2.05) is 12.3 Å². The lowest BCUT2D eigenvalue weighted by Gasteiger charge is -2.39. The van der Waals surface area contributed by atoms with Gasteiger partial charge in [0.2, 0.25) is 0 Å². The van der Waals surface area contributed by atoms with E-state index in [0.717, 1.165) is 29.6 Å². The van der Waals surface area contributed by atoms with Crippen LogP contribution in [0.5, 0.6) is 0 Å². The number of carbonyl (C=O) groups is 1. The molecule has 0 aliphatic heterocycles. The molecule has 0 bridgehead atoms. The van der Waals surface area contributed by atoms with Gasteiger partial charge in [0, 0.05) is 30.0 Å². The number of nitrogens with zero attached hydrogens (tertiary/aromatic N) is 2. The van der Waals surface area contributed by atoms with Crippen LogP contribution in [0.1, 0.15) is 82.8 Å². The van der Waals surface area contributed by atoms with Crippen molar-refractivity contribution in [2.45, 2.75) is 77.2 Å². The number of carbonyl (C=O) groups excluding carboxylic acids is 1. The second-order valence-electron chi connectivity index (χ2n) is 9.82. The molecule has 4 rings (SSSR count). The van der Waals surface area contributed by atoms with Crippen molar-refractivity contribution in [3.05, 3.63) is 59.9 Å². The maximum Gasteiger partial charge on any atom is 0.319 e. The van der Waals surface area contributed by atoms with Crippen LogP contribution in [0.25, 0.3) is 11.0 Å².